The van der Waals surface area contributed by atoms with Gasteiger partial charge in [-0.05, 0) is 35.7 Å². The van der Waals surface area contributed by atoms with E-state index in [1.807, 2.05) is 44.5 Å². The Morgan fingerprint density at radius 2 is 2.12 bits per heavy atom. The molecule has 2 aliphatic rings. The Morgan fingerprint density at radius 1 is 1.29 bits per heavy atom. The standard InChI is InChI=1S/C25H29N7O2/c1-5-15(2)25-14-30(16(3)33)13-20(25)22(25)27-24-28-23(34-4)21-19(8-11-32(21)29-24)17-7-10-31-18(12-17)6-9-26-31/h6-12,15,20,22H,5,13-14H2,1-4H3,(H,27,29)/t15?,20-,22+,25+/m1/s1. The average molecular weight is 460 g/mol. The van der Waals surface area contributed by atoms with Crippen LogP contribution in [-0.2, 0) is 4.79 Å². The van der Waals surface area contributed by atoms with E-state index in [1.54, 1.807) is 20.2 Å². The second kappa shape index (κ2) is 7.44. The van der Waals surface area contributed by atoms with Gasteiger partial charge in [-0.1, -0.05) is 20.3 Å². The maximum absolute atomic E-state index is 12.0. The molecule has 0 bridgehead atoms. The number of hydrogen-bond donors (Lipinski definition) is 1. The van der Waals surface area contributed by atoms with Crippen molar-refractivity contribution >= 4 is 22.9 Å². The molecule has 0 spiro atoms. The number of carbonyl (C=O) groups is 1. The summed E-state index contributed by atoms with van der Waals surface area (Å²) in [5.41, 5.74) is 3.98. The third kappa shape index (κ3) is 2.92. The van der Waals surface area contributed by atoms with Gasteiger partial charge in [-0.25, -0.2) is 9.03 Å². The number of hydrogen-bond acceptors (Lipinski definition) is 6. The molecule has 176 valence electrons. The molecule has 9 nitrogen and oxygen atoms in total. The first-order valence-electron chi connectivity index (χ1n) is 11.9. The van der Waals surface area contributed by atoms with E-state index in [2.05, 4.69) is 30.3 Å². The minimum absolute atomic E-state index is 0.0779. The first kappa shape index (κ1) is 20.9. The number of anilines is 1. The lowest BCUT2D eigenvalue weighted by Crippen LogP contribution is -2.37. The smallest absolute Gasteiger partial charge is 0.244 e. The van der Waals surface area contributed by atoms with Crippen molar-refractivity contribution in [3.8, 4) is 17.0 Å². The van der Waals surface area contributed by atoms with E-state index in [4.69, 9.17) is 14.8 Å². The molecule has 4 atom stereocenters. The summed E-state index contributed by atoms with van der Waals surface area (Å²) in [6.07, 6.45) is 6.75. The fourth-order valence-corrected chi connectivity index (χ4v) is 6.00. The molecule has 1 aliphatic heterocycles. The quantitative estimate of drug-likeness (QED) is 0.476. The number of nitrogens with zero attached hydrogens (tertiary/aromatic N) is 6. The molecule has 6 rings (SSSR count). The van der Waals surface area contributed by atoms with E-state index < -0.39 is 0 Å². The van der Waals surface area contributed by atoms with Crippen LogP contribution in [0.2, 0.25) is 0 Å². The number of aromatic nitrogens is 5. The average Bonchev–Trinajstić information content (AvgIpc) is 3.34. The molecule has 1 amide bonds. The SMILES string of the molecule is CCC(C)[C@@]12CN(C(C)=O)C[C@@H]1[C@@H]2Nc1nc(OC)c2c(-c3ccn4nccc4c3)ccn2n1. The number of pyridine rings is 1. The van der Waals surface area contributed by atoms with E-state index in [1.165, 1.54) is 0 Å². The van der Waals surface area contributed by atoms with Crippen molar-refractivity contribution in [2.24, 2.45) is 17.3 Å². The van der Waals surface area contributed by atoms with Gasteiger partial charge in [-0.2, -0.15) is 10.1 Å². The first-order valence-corrected chi connectivity index (χ1v) is 11.9. The van der Waals surface area contributed by atoms with Gasteiger partial charge in [-0.15, -0.1) is 5.10 Å². The van der Waals surface area contributed by atoms with Crippen LogP contribution >= 0.6 is 0 Å². The maximum Gasteiger partial charge on any atom is 0.244 e. The Bertz CT molecular complexity index is 1410. The van der Waals surface area contributed by atoms with Crippen molar-refractivity contribution in [3.05, 3.63) is 42.9 Å². The molecule has 1 N–H and O–H groups in total. The van der Waals surface area contributed by atoms with Crippen LogP contribution in [0.25, 0.3) is 22.2 Å². The summed E-state index contributed by atoms with van der Waals surface area (Å²) in [7, 11) is 1.64. The molecule has 1 saturated carbocycles. The number of likely N-dealkylation sites (tertiary alicyclic amines) is 1. The number of piperidine rings is 1. The zero-order chi connectivity index (χ0) is 23.6. The third-order valence-electron chi connectivity index (χ3n) is 8.09. The fraction of sp³-hybridized carbons (Fsp3) is 0.440. The van der Waals surface area contributed by atoms with E-state index in [0.29, 0.717) is 23.7 Å². The first-order chi connectivity index (χ1) is 16.5. The topological polar surface area (TPSA) is 89.1 Å². The molecule has 4 aromatic heterocycles. The predicted octanol–water partition coefficient (Wildman–Crippen LogP) is 3.36. The van der Waals surface area contributed by atoms with Crippen LogP contribution in [0, 0.1) is 17.3 Å². The highest BCUT2D eigenvalue weighted by molar-refractivity contribution is 5.85. The van der Waals surface area contributed by atoms with E-state index in [9.17, 15) is 4.79 Å². The number of methoxy groups -OCH3 is 1. The number of amides is 1. The van der Waals surface area contributed by atoms with Gasteiger partial charge in [0.05, 0.1) is 12.6 Å². The highest BCUT2D eigenvalue weighted by Gasteiger charge is 2.71. The Labute approximate surface area is 197 Å². The Hall–Kier alpha value is -3.62. The van der Waals surface area contributed by atoms with Crippen molar-refractivity contribution in [1.29, 1.82) is 0 Å². The Balaban J connectivity index is 1.33. The highest BCUT2D eigenvalue weighted by atomic mass is 16.5. The lowest BCUT2D eigenvalue weighted by Gasteiger charge is -2.27. The van der Waals surface area contributed by atoms with Crippen LogP contribution in [0.3, 0.4) is 0 Å². The lowest BCUT2D eigenvalue weighted by molar-refractivity contribution is -0.128. The molecule has 9 heteroatoms. The predicted molar refractivity (Wildman–Crippen MR) is 129 cm³/mol. The van der Waals surface area contributed by atoms with Crippen molar-refractivity contribution in [2.75, 3.05) is 25.5 Å². The molecule has 1 unspecified atom stereocenters. The number of fused-ring (bicyclic) bond motifs is 3. The molecule has 34 heavy (non-hydrogen) atoms. The van der Waals surface area contributed by atoms with Crippen LogP contribution in [0.1, 0.15) is 27.2 Å². The second-order valence-corrected chi connectivity index (χ2v) is 9.63. The van der Waals surface area contributed by atoms with Gasteiger partial charge in [0.15, 0.2) is 0 Å². The van der Waals surface area contributed by atoms with Gasteiger partial charge >= 0.3 is 0 Å². The molecule has 5 heterocycles. The van der Waals surface area contributed by atoms with Gasteiger partial charge in [0.1, 0.15) is 5.52 Å². The summed E-state index contributed by atoms with van der Waals surface area (Å²) in [5.74, 6) is 2.15. The molecule has 1 saturated heterocycles. The normalized spacial score (nSPS) is 24.4. The number of nitrogens with one attached hydrogen (secondary N) is 1. The number of carbonyl (C=O) groups excluding carboxylic acids is 1. The van der Waals surface area contributed by atoms with Gasteiger partial charge in [0.25, 0.3) is 0 Å². The van der Waals surface area contributed by atoms with E-state index in [-0.39, 0.29) is 17.4 Å². The molecular formula is C25H29N7O2. The lowest BCUT2D eigenvalue weighted by atomic mass is 9.87. The van der Waals surface area contributed by atoms with Crippen molar-refractivity contribution in [1.82, 2.24) is 29.1 Å². The second-order valence-electron chi connectivity index (χ2n) is 9.63. The number of rotatable bonds is 6. The van der Waals surface area contributed by atoms with Crippen LogP contribution in [0.15, 0.2) is 42.9 Å². The molecule has 2 fully saturated rings. The zero-order valence-electron chi connectivity index (χ0n) is 19.9. The minimum Gasteiger partial charge on any atom is -0.479 e. The largest absolute Gasteiger partial charge is 0.479 e. The third-order valence-corrected chi connectivity index (χ3v) is 8.09. The summed E-state index contributed by atoms with van der Waals surface area (Å²) < 4.78 is 9.39. The monoisotopic (exact) mass is 459 g/mol. The van der Waals surface area contributed by atoms with E-state index in [0.717, 1.165) is 41.7 Å². The van der Waals surface area contributed by atoms with Crippen LogP contribution in [0.4, 0.5) is 5.95 Å². The van der Waals surface area contributed by atoms with E-state index >= 15 is 0 Å². The van der Waals surface area contributed by atoms with Crippen LogP contribution in [-0.4, -0.2) is 61.3 Å². The summed E-state index contributed by atoms with van der Waals surface area (Å²) in [6.45, 7) is 7.76. The minimum atomic E-state index is 0.0779. The zero-order valence-corrected chi connectivity index (χ0v) is 19.9. The molecule has 4 aromatic rings. The summed E-state index contributed by atoms with van der Waals surface area (Å²) >= 11 is 0. The van der Waals surface area contributed by atoms with Gasteiger partial charge in [0, 0.05) is 61.5 Å². The molecular weight excluding hydrogens is 430 g/mol. The van der Waals surface area contributed by atoms with Crippen LogP contribution in [0.5, 0.6) is 5.88 Å². The van der Waals surface area contributed by atoms with Crippen molar-refractivity contribution < 1.29 is 9.53 Å². The fourth-order valence-electron chi connectivity index (χ4n) is 6.00. The van der Waals surface area contributed by atoms with Gasteiger partial charge in [0.2, 0.25) is 17.7 Å². The maximum atomic E-state index is 12.0. The van der Waals surface area contributed by atoms with Crippen LogP contribution < -0.4 is 10.1 Å². The Morgan fingerprint density at radius 3 is 2.88 bits per heavy atom. The number of ether oxygens (including phenoxy) is 1. The van der Waals surface area contributed by atoms with Crippen molar-refractivity contribution in [3.63, 3.8) is 0 Å². The summed E-state index contributed by atoms with van der Waals surface area (Å²) in [5, 5.41) is 12.7. The molecule has 0 aromatic carbocycles. The van der Waals surface area contributed by atoms with Gasteiger partial charge in [-0.3, -0.25) is 4.79 Å². The highest BCUT2D eigenvalue weighted by Crippen LogP contribution is 2.63. The van der Waals surface area contributed by atoms with Crippen molar-refractivity contribution in [2.45, 2.75) is 33.2 Å². The summed E-state index contributed by atoms with van der Waals surface area (Å²) in [6, 6.07) is 8.39. The molecule has 1 aliphatic carbocycles. The molecule has 0 radical (unpaired) electrons. The summed E-state index contributed by atoms with van der Waals surface area (Å²) in [4.78, 5) is 18.7. The Kier molecular flexibility index (Phi) is 4.59. The van der Waals surface area contributed by atoms with Gasteiger partial charge < -0.3 is 15.0 Å².